The second kappa shape index (κ2) is 7.05. The van der Waals surface area contributed by atoms with E-state index in [2.05, 4.69) is 0 Å². The van der Waals surface area contributed by atoms with E-state index < -0.39 is 17.2 Å². The van der Waals surface area contributed by atoms with Crippen LogP contribution < -0.4 is 0 Å². The van der Waals surface area contributed by atoms with Crippen LogP contribution in [0.25, 0.3) is 0 Å². The summed E-state index contributed by atoms with van der Waals surface area (Å²) in [7, 11) is 0. The van der Waals surface area contributed by atoms with Crippen LogP contribution in [-0.2, 0) is 10.3 Å². The number of benzene rings is 1. The van der Waals surface area contributed by atoms with Gasteiger partial charge in [0.05, 0.1) is 12.2 Å². The lowest BCUT2D eigenvalue weighted by molar-refractivity contribution is -0.0118. The first-order valence-corrected chi connectivity index (χ1v) is 8.22. The van der Waals surface area contributed by atoms with Gasteiger partial charge in [-0.25, -0.2) is 8.78 Å². The molecule has 0 radical (unpaired) electrons. The van der Waals surface area contributed by atoms with E-state index in [9.17, 15) is 9.50 Å². The molecule has 0 bridgehead atoms. The van der Waals surface area contributed by atoms with Gasteiger partial charge >= 0.3 is 0 Å². The molecule has 3 unspecified atom stereocenters. The van der Waals surface area contributed by atoms with Gasteiger partial charge in [0.2, 0.25) is 0 Å². The molecule has 1 aliphatic rings. The summed E-state index contributed by atoms with van der Waals surface area (Å²) in [5, 5.41) is 9.37. The number of aliphatic hydroxyl groups excluding tert-OH is 1. The number of ether oxygens (including phenoxy) is 1. The van der Waals surface area contributed by atoms with E-state index in [0.29, 0.717) is 31.4 Å². The van der Waals surface area contributed by atoms with Gasteiger partial charge in [0.25, 0.3) is 0 Å². The molecule has 22 heavy (non-hydrogen) atoms. The highest BCUT2D eigenvalue weighted by Crippen LogP contribution is 2.45. The molecule has 1 heterocycles. The quantitative estimate of drug-likeness (QED) is 0.838. The van der Waals surface area contributed by atoms with Crippen molar-refractivity contribution in [1.29, 1.82) is 0 Å². The zero-order chi connectivity index (χ0) is 16.3. The van der Waals surface area contributed by atoms with Crippen molar-refractivity contribution < 1.29 is 18.6 Å². The van der Waals surface area contributed by atoms with Crippen LogP contribution in [0.5, 0.6) is 0 Å². The Morgan fingerprint density at radius 3 is 2.64 bits per heavy atom. The maximum Gasteiger partial charge on any atom is 0.135 e. The zero-order valence-electron chi connectivity index (χ0n) is 13.7. The van der Waals surface area contributed by atoms with Gasteiger partial charge in [-0.15, -0.1) is 0 Å². The van der Waals surface area contributed by atoms with Crippen LogP contribution in [0.2, 0.25) is 0 Å². The molecule has 1 N–H and O–H groups in total. The van der Waals surface area contributed by atoms with Crippen molar-refractivity contribution in [3.63, 3.8) is 0 Å². The van der Waals surface area contributed by atoms with Crippen molar-refractivity contribution >= 4 is 0 Å². The average molecular weight is 312 g/mol. The van der Waals surface area contributed by atoms with Crippen LogP contribution in [0.3, 0.4) is 0 Å². The molecule has 0 aliphatic carbocycles. The summed E-state index contributed by atoms with van der Waals surface area (Å²) in [6, 6.07) is 2.87. The normalized spacial score (nSPS) is 26.4. The Balaban J connectivity index is 2.49. The number of aliphatic hydroxyl groups is 1. The Labute approximate surface area is 131 Å². The molecular formula is C18H26F2O2. The number of hydrogen-bond donors (Lipinski definition) is 1. The van der Waals surface area contributed by atoms with Crippen LogP contribution >= 0.6 is 0 Å². The molecule has 1 aromatic carbocycles. The van der Waals surface area contributed by atoms with Gasteiger partial charge in [0, 0.05) is 23.7 Å². The van der Waals surface area contributed by atoms with Crippen LogP contribution in [0.1, 0.15) is 63.5 Å². The maximum atomic E-state index is 15.0. The van der Waals surface area contributed by atoms with Gasteiger partial charge in [-0.1, -0.05) is 33.3 Å². The summed E-state index contributed by atoms with van der Waals surface area (Å²) in [5.41, 5.74) is -0.129. The van der Waals surface area contributed by atoms with Crippen LogP contribution in [0.4, 0.5) is 8.78 Å². The predicted molar refractivity (Wildman–Crippen MR) is 82.8 cm³/mol. The monoisotopic (exact) mass is 312 g/mol. The number of hydrogen-bond acceptors (Lipinski definition) is 2. The number of rotatable bonds is 6. The summed E-state index contributed by atoms with van der Waals surface area (Å²) in [5.74, 6) is -1.11. The minimum absolute atomic E-state index is 0.0167. The Bertz CT molecular complexity index is 518. The third kappa shape index (κ3) is 3.04. The van der Waals surface area contributed by atoms with E-state index in [4.69, 9.17) is 4.74 Å². The van der Waals surface area contributed by atoms with Crippen LogP contribution in [0.15, 0.2) is 12.1 Å². The highest BCUT2D eigenvalue weighted by Gasteiger charge is 2.43. The zero-order valence-corrected chi connectivity index (χ0v) is 13.7. The third-order valence-electron chi connectivity index (χ3n) is 4.85. The third-order valence-corrected chi connectivity index (χ3v) is 4.85. The van der Waals surface area contributed by atoms with Crippen molar-refractivity contribution in [3.05, 3.63) is 34.9 Å². The van der Waals surface area contributed by atoms with Gasteiger partial charge in [0.1, 0.15) is 11.6 Å². The van der Waals surface area contributed by atoms with E-state index in [1.807, 2.05) is 20.8 Å². The lowest BCUT2D eigenvalue weighted by atomic mass is 9.81. The van der Waals surface area contributed by atoms with E-state index in [1.54, 1.807) is 0 Å². The molecular weight excluding hydrogens is 286 g/mol. The molecule has 0 amide bonds. The van der Waals surface area contributed by atoms with Gasteiger partial charge in [0.15, 0.2) is 0 Å². The summed E-state index contributed by atoms with van der Waals surface area (Å²) in [6.45, 7) is 6.24. The van der Waals surface area contributed by atoms with Crippen molar-refractivity contribution in [3.8, 4) is 0 Å². The summed E-state index contributed by atoms with van der Waals surface area (Å²) < 4.78 is 35.1. The maximum absolute atomic E-state index is 15.0. The van der Waals surface area contributed by atoms with Crippen LogP contribution in [0, 0.1) is 17.6 Å². The fourth-order valence-electron chi connectivity index (χ4n) is 3.46. The van der Waals surface area contributed by atoms with Gasteiger partial charge in [-0.2, -0.15) is 0 Å². The lowest BCUT2D eigenvalue weighted by Crippen LogP contribution is -2.27. The predicted octanol–water partition coefficient (Wildman–Crippen LogP) is 4.50. The molecule has 1 fully saturated rings. The number of halogens is 2. The first kappa shape index (κ1) is 17.4. The summed E-state index contributed by atoms with van der Waals surface area (Å²) in [6.07, 6.45) is 2.78. The van der Waals surface area contributed by atoms with Crippen molar-refractivity contribution in [1.82, 2.24) is 0 Å². The largest absolute Gasteiger partial charge is 0.396 e. The average Bonchev–Trinajstić information content (AvgIpc) is 2.91. The Morgan fingerprint density at radius 2 is 2.09 bits per heavy atom. The molecule has 0 spiro atoms. The SMILES string of the molecule is CCCC1(c2ccc(F)c(C(C)CC)c2F)CC(CO)CO1. The Hall–Kier alpha value is -1.00. The molecule has 1 aromatic rings. The molecule has 3 atom stereocenters. The molecule has 124 valence electrons. The Kier molecular flexibility index (Phi) is 5.56. The Morgan fingerprint density at radius 1 is 1.36 bits per heavy atom. The van der Waals surface area contributed by atoms with Crippen molar-refractivity contribution in [2.24, 2.45) is 5.92 Å². The second-order valence-corrected chi connectivity index (χ2v) is 6.44. The fourth-order valence-corrected chi connectivity index (χ4v) is 3.46. The van der Waals surface area contributed by atoms with Gasteiger partial charge in [-0.05, 0) is 31.2 Å². The molecule has 2 nitrogen and oxygen atoms in total. The lowest BCUT2D eigenvalue weighted by Gasteiger charge is -2.30. The molecule has 1 saturated heterocycles. The van der Waals surface area contributed by atoms with E-state index >= 15 is 4.39 Å². The first-order valence-electron chi connectivity index (χ1n) is 8.22. The topological polar surface area (TPSA) is 29.5 Å². The van der Waals surface area contributed by atoms with E-state index in [-0.39, 0.29) is 24.0 Å². The van der Waals surface area contributed by atoms with Crippen LogP contribution in [-0.4, -0.2) is 18.3 Å². The van der Waals surface area contributed by atoms with E-state index in [0.717, 1.165) is 6.42 Å². The van der Waals surface area contributed by atoms with E-state index in [1.165, 1.54) is 12.1 Å². The molecule has 4 heteroatoms. The fraction of sp³-hybridized carbons (Fsp3) is 0.667. The molecule has 2 rings (SSSR count). The van der Waals surface area contributed by atoms with Crippen molar-refractivity contribution in [2.45, 2.75) is 58.0 Å². The first-order chi connectivity index (χ1) is 10.5. The molecule has 0 aromatic heterocycles. The summed E-state index contributed by atoms with van der Waals surface area (Å²) >= 11 is 0. The van der Waals surface area contributed by atoms with Gasteiger partial charge < -0.3 is 9.84 Å². The smallest absolute Gasteiger partial charge is 0.135 e. The molecule has 0 saturated carbocycles. The second-order valence-electron chi connectivity index (χ2n) is 6.44. The minimum atomic E-state index is -0.734. The standard InChI is InChI=1S/C18H26F2O2/c1-4-8-18(9-13(10-21)11-22-18)14-6-7-15(19)16(17(14)20)12(3)5-2/h6-7,12-13,21H,4-5,8-11H2,1-3H3. The highest BCUT2D eigenvalue weighted by molar-refractivity contribution is 5.34. The summed E-state index contributed by atoms with van der Waals surface area (Å²) in [4.78, 5) is 0. The van der Waals surface area contributed by atoms with Gasteiger partial charge in [-0.3, -0.25) is 0 Å². The minimum Gasteiger partial charge on any atom is -0.396 e. The molecule has 1 aliphatic heterocycles. The van der Waals surface area contributed by atoms with Crippen molar-refractivity contribution in [2.75, 3.05) is 13.2 Å². The highest BCUT2D eigenvalue weighted by atomic mass is 19.1.